The van der Waals surface area contributed by atoms with Crippen molar-refractivity contribution in [2.75, 3.05) is 23.7 Å². The number of rotatable bonds is 12. The zero-order valence-corrected chi connectivity index (χ0v) is 25.9. The number of hydrogen-bond donors (Lipinski definition) is 1. The molecule has 0 bridgehead atoms. The highest BCUT2D eigenvalue weighted by Gasteiger charge is 2.32. The lowest BCUT2D eigenvalue weighted by Gasteiger charge is -2.33. The second kappa shape index (κ2) is 14.1. The molecule has 0 saturated heterocycles. The minimum atomic E-state index is -3.78. The summed E-state index contributed by atoms with van der Waals surface area (Å²) in [6.07, 6.45) is 2.11. The van der Waals surface area contributed by atoms with E-state index < -0.39 is 28.5 Å². The van der Waals surface area contributed by atoms with E-state index in [2.05, 4.69) is 43.8 Å². The van der Waals surface area contributed by atoms with Gasteiger partial charge in [-0.15, -0.1) is 0 Å². The van der Waals surface area contributed by atoms with Crippen LogP contribution in [0.5, 0.6) is 0 Å². The molecule has 0 radical (unpaired) electrons. The molecule has 3 aromatic rings. The van der Waals surface area contributed by atoms with Crippen molar-refractivity contribution in [3.05, 3.63) is 98.0 Å². The summed E-state index contributed by atoms with van der Waals surface area (Å²) in [6, 6.07) is 23.1. The van der Waals surface area contributed by atoms with Crippen LogP contribution in [0.1, 0.15) is 24.5 Å². The lowest BCUT2D eigenvalue weighted by molar-refractivity contribution is -0.140. The summed E-state index contributed by atoms with van der Waals surface area (Å²) in [5.74, 6) is -0.749. The molecule has 10 heteroatoms. The molecule has 7 nitrogen and oxygen atoms in total. The van der Waals surface area contributed by atoms with Crippen molar-refractivity contribution in [2.45, 2.75) is 32.4 Å². The van der Waals surface area contributed by atoms with E-state index in [0.717, 1.165) is 36.2 Å². The average molecular weight is 712 g/mol. The molecule has 0 aliphatic carbocycles. The molecule has 0 fully saturated rings. The largest absolute Gasteiger partial charge is 0.354 e. The predicted molar refractivity (Wildman–Crippen MR) is 163 cm³/mol. The third-order valence-electron chi connectivity index (χ3n) is 5.86. The minimum absolute atomic E-state index is 0.139. The van der Waals surface area contributed by atoms with Crippen LogP contribution >= 0.6 is 38.5 Å². The van der Waals surface area contributed by atoms with Gasteiger partial charge in [0.05, 0.1) is 11.9 Å². The maximum atomic E-state index is 14.0. The fourth-order valence-corrected chi connectivity index (χ4v) is 5.63. The first kappa shape index (κ1) is 30.1. The fourth-order valence-electron chi connectivity index (χ4n) is 3.97. The number of carbonyl (C=O) groups excluding carboxylic acids is 2. The quantitative estimate of drug-likeness (QED) is 0.269. The van der Waals surface area contributed by atoms with Crippen molar-refractivity contribution in [1.29, 1.82) is 0 Å². The second-order valence-corrected chi connectivity index (χ2v) is 13.0. The SMILES string of the molecule is CCCNC(=O)C(Cc1ccccc1)N(Cc1cccc(Br)c1)C(=O)CN(c1ccc(I)cc1)S(C)(=O)=O. The molecule has 202 valence electrons. The Bertz CT molecular complexity index is 1340. The number of benzene rings is 3. The molecule has 38 heavy (non-hydrogen) atoms. The van der Waals surface area contributed by atoms with Crippen molar-refractivity contribution in [2.24, 2.45) is 0 Å². The van der Waals surface area contributed by atoms with Crippen LogP contribution in [0.3, 0.4) is 0 Å². The van der Waals surface area contributed by atoms with Gasteiger partial charge in [0.1, 0.15) is 12.6 Å². The van der Waals surface area contributed by atoms with Gasteiger partial charge in [0, 0.05) is 27.6 Å². The van der Waals surface area contributed by atoms with Crippen molar-refractivity contribution in [3.8, 4) is 0 Å². The Labute approximate surface area is 246 Å². The number of amides is 2. The molecule has 1 atom stereocenters. The Morgan fingerprint density at radius 2 is 1.63 bits per heavy atom. The van der Waals surface area contributed by atoms with Gasteiger partial charge in [-0.2, -0.15) is 0 Å². The first-order valence-electron chi connectivity index (χ1n) is 12.2. The van der Waals surface area contributed by atoms with E-state index in [0.29, 0.717) is 18.7 Å². The van der Waals surface area contributed by atoms with Gasteiger partial charge >= 0.3 is 0 Å². The van der Waals surface area contributed by atoms with Crippen LogP contribution in [-0.2, 0) is 32.6 Å². The molecule has 2 amide bonds. The van der Waals surface area contributed by atoms with Crippen LogP contribution in [-0.4, -0.2) is 50.5 Å². The summed E-state index contributed by atoms with van der Waals surface area (Å²) in [7, 11) is -3.78. The third-order valence-corrected chi connectivity index (χ3v) is 8.21. The Morgan fingerprint density at radius 3 is 2.24 bits per heavy atom. The van der Waals surface area contributed by atoms with Crippen LogP contribution < -0.4 is 9.62 Å². The van der Waals surface area contributed by atoms with Crippen molar-refractivity contribution < 1.29 is 18.0 Å². The van der Waals surface area contributed by atoms with Crippen LogP contribution in [0.25, 0.3) is 0 Å². The normalized spacial score (nSPS) is 12.0. The van der Waals surface area contributed by atoms with E-state index in [9.17, 15) is 18.0 Å². The molecule has 0 heterocycles. The molecule has 3 aromatic carbocycles. The number of carbonyl (C=O) groups is 2. The molecule has 1 unspecified atom stereocenters. The Kier molecular flexibility index (Phi) is 11.2. The molecule has 0 aromatic heterocycles. The third kappa shape index (κ3) is 8.81. The summed E-state index contributed by atoms with van der Waals surface area (Å²) in [5.41, 5.74) is 2.10. The molecule has 0 saturated carbocycles. The van der Waals surface area contributed by atoms with Gasteiger partial charge in [-0.1, -0.05) is 65.3 Å². The Morgan fingerprint density at radius 1 is 0.974 bits per heavy atom. The van der Waals surface area contributed by atoms with Gasteiger partial charge < -0.3 is 10.2 Å². The Hall–Kier alpha value is -2.44. The number of nitrogens with zero attached hydrogens (tertiary/aromatic N) is 2. The molecular weight excluding hydrogens is 681 g/mol. The van der Waals surface area contributed by atoms with Gasteiger partial charge in [-0.05, 0) is 76.5 Å². The zero-order chi connectivity index (χ0) is 27.7. The summed E-state index contributed by atoms with van der Waals surface area (Å²) >= 11 is 5.61. The molecule has 1 N–H and O–H groups in total. The topological polar surface area (TPSA) is 86.8 Å². The number of hydrogen-bond acceptors (Lipinski definition) is 4. The maximum absolute atomic E-state index is 14.0. The first-order chi connectivity index (χ1) is 18.1. The summed E-state index contributed by atoms with van der Waals surface area (Å²) < 4.78 is 28.4. The summed E-state index contributed by atoms with van der Waals surface area (Å²) in [6.45, 7) is 2.14. The monoisotopic (exact) mass is 711 g/mol. The van der Waals surface area contributed by atoms with Crippen molar-refractivity contribution >= 4 is 66.0 Å². The molecular formula is C28H31BrIN3O4S. The lowest BCUT2D eigenvalue weighted by atomic mass is 10.0. The molecule has 0 spiro atoms. The minimum Gasteiger partial charge on any atom is -0.354 e. The lowest BCUT2D eigenvalue weighted by Crippen LogP contribution is -2.53. The highest BCUT2D eigenvalue weighted by molar-refractivity contribution is 14.1. The highest BCUT2D eigenvalue weighted by atomic mass is 127. The van der Waals surface area contributed by atoms with E-state index in [1.54, 1.807) is 24.3 Å². The smallest absolute Gasteiger partial charge is 0.244 e. The number of anilines is 1. The number of halogens is 2. The second-order valence-electron chi connectivity index (χ2n) is 8.89. The standard InChI is InChI=1S/C28H31BrIN3O4S/c1-3-16-31-28(35)26(18-21-8-5-4-6-9-21)32(19-22-10-7-11-23(29)17-22)27(34)20-33(38(2,36)37)25-14-12-24(30)13-15-25/h4-15,17,26H,3,16,18-20H2,1-2H3,(H,31,35). The van der Waals surface area contributed by atoms with Crippen molar-refractivity contribution in [3.63, 3.8) is 0 Å². The van der Waals surface area contributed by atoms with Crippen LogP contribution in [0.4, 0.5) is 5.69 Å². The van der Waals surface area contributed by atoms with Gasteiger partial charge in [0.25, 0.3) is 0 Å². The molecule has 0 aliphatic heterocycles. The van der Waals surface area contributed by atoms with Crippen molar-refractivity contribution in [1.82, 2.24) is 10.2 Å². The van der Waals surface area contributed by atoms with Gasteiger partial charge in [0.15, 0.2) is 0 Å². The summed E-state index contributed by atoms with van der Waals surface area (Å²) in [4.78, 5) is 28.9. The van der Waals surface area contributed by atoms with Crippen LogP contribution in [0, 0.1) is 3.57 Å². The number of sulfonamides is 1. The van der Waals surface area contributed by atoms with Gasteiger partial charge in [-0.3, -0.25) is 13.9 Å². The molecule has 3 rings (SSSR count). The van der Waals surface area contributed by atoms with E-state index in [1.807, 2.05) is 61.5 Å². The Balaban J connectivity index is 2.03. The highest BCUT2D eigenvalue weighted by Crippen LogP contribution is 2.22. The first-order valence-corrected chi connectivity index (χ1v) is 15.9. The zero-order valence-electron chi connectivity index (χ0n) is 21.3. The maximum Gasteiger partial charge on any atom is 0.244 e. The number of nitrogens with one attached hydrogen (secondary N) is 1. The van der Waals surface area contributed by atoms with Crippen LogP contribution in [0.15, 0.2) is 83.3 Å². The predicted octanol–water partition coefficient (Wildman–Crippen LogP) is 4.99. The molecule has 0 aliphatic rings. The fraction of sp³-hybridized carbons (Fsp3) is 0.286. The summed E-state index contributed by atoms with van der Waals surface area (Å²) in [5, 5.41) is 2.93. The van der Waals surface area contributed by atoms with E-state index in [-0.39, 0.29) is 12.5 Å². The van der Waals surface area contributed by atoms with E-state index in [1.165, 1.54) is 4.90 Å². The van der Waals surface area contributed by atoms with Crippen LogP contribution in [0.2, 0.25) is 0 Å². The van der Waals surface area contributed by atoms with Gasteiger partial charge in [0.2, 0.25) is 21.8 Å². The van der Waals surface area contributed by atoms with E-state index in [4.69, 9.17) is 0 Å². The van der Waals surface area contributed by atoms with E-state index >= 15 is 0 Å². The van der Waals surface area contributed by atoms with Gasteiger partial charge in [-0.25, -0.2) is 8.42 Å². The average Bonchev–Trinajstić information content (AvgIpc) is 2.88.